The van der Waals surface area contributed by atoms with Crippen molar-refractivity contribution < 1.29 is 14.3 Å². The van der Waals surface area contributed by atoms with E-state index in [2.05, 4.69) is 4.90 Å². The molecule has 0 aliphatic carbocycles. The first-order valence-corrected chi connectivity index (χ1v) is 8.62. The Morgan fingerprint density at radius 1 is 0.926 bits per heavy atom. The number of rotatable bonds is 5. The minimum atomic E-state index is -1.15. The van der Waals surface area contributed by atoms with Crippen molar-refractivity contribution in [3.63, 3.8) is 0 Å². The summed E-state index contributed by atoms with van der Waals surface area (Å²) in [6, 6.07) is 21.5. The fraction of sp³-hybridized carbons (Fsp3) is 0.0870. The summed E-state index contributed by atoms with van der Waals surface area (Å²) in [5.74, 6) is -1.71. The minimum absolute atomic E-state index is 0.0650. The van der Waals surface area contributed by atoms with E-state index in [0.717, 1.165) is 28.7 Å². The second-order valence-corrected chi connectivity index (χ2v) is 6.18. The molecule has 0 aliphatic heterocycles. The normalized spacial score (nSPS) is 11.3. The average Bonchev–Trinajstić information content (AvgIpc) is 2.69. The summed E-state index contributed by atoms with van der Waals surface area (Å²) >= 11 is 0. The van der Waals surface area contributed by atoms with Crippen molar-refractivity contribution in [1.82, 2.24) is 0 Å². The SMILES string of the molecule is C/C=C(\C)N(c1ccccc1)c1ccc(-c2cc(F)cc(C(=O)O)c2)cc1. The van der Waals surface area contributed by atoms with Crippen LogP contribution in [0.1, 0.15) is 24.2 Å². The smallest absolute Gasteiger partial charge is 0.335 e. The first-order valence-electron chi connectivity index (χ1n) is 8.62. The van der Waals surface area contributed by atoms with E-state index in [4.69, 9.17) is 5.11 Å². The van der Waals surface area contributed by atoms with Gasteiger partial charge >= 0.3 is 5.97 Å². The Hall–Kier alpha value is -3.40. The van der Waals surface area contributed by atoms with E-state index < -0.39 is 11.8 Å². The standard InChI is InChI=1S/C23H20FNO2/c1-3-16(2)25(21-7-5-4-6-8-21)22-11-9-17(10-12-22)18-13-19(23(26)27)15-20(24)14-18/h3-15H,1-2H3,(H,26,27)/b16-3+. The van der Waals surface area contributed by atoms with Crippen molar-refractivity contribution in [2.75, 3.05) is 4.90 Å². The molecule has 0 saturated carbocycles. The first-order chi connectivity index (χ1) is 13.0. The van der Waals surface area contributed by atoms with Gasteiger partial charge in [0.05, 0.1) is 5.56 Å². The zero-order valence-electron chi connectivity index (χ0n) is 15.2. The Balaban J connectivity index is 2.00. The molecule has 0 radical (unpaired) electrons. The third-order valence-electron chi connectivity index (χ3n) is 4.39. The molecule has 0 unspecified atom stereocenters. The summed E-state index contributed by atoms with van der Waals surface area (Å²) in [6.45, 7) is 4.02. The van der Waals surface area contributed by atoms with Crippen molar-refractivity contribution in [3.8, 4) is 11.1 Å². The number of hydrogen-bond donors (Lipinski definition) is 1. The third-order valence-corrected chi connectivity index (χ3v) is 4.39. The van der Waals surface area contributed by atoms with Crippen molar-refractivity contribution >= 4 is 17.3 Å². The molecule has 3 rings (SSSR count). The summed E-state index contributed by atoms with van der Waals surface area (Å²) in [6.07, 6.45) is 2.03. The van der Waals surface area contributed by atoms with Gasteiger partial charge in [0.2, 0.25) is 0 Å². The molecule has 0 bridgehead atoms. The van der Waals surface area contributed by atoms with Gasteiger partial charge in [-0.15, -0.1) is 0 Å². The van der Waals surface area contributed by atoms with Gasteiger partial charge in [0.25, 0.3) is 0 Å². The van der Waals surface area contributed by atoms with Crippen LogP contribution >= 0.6 is 0 Å². The largest absolute Gasteiger partial charge is 0.478 e. The van der Waals surface area contributed by atoms with E-state index in [0.29, 0.717) is 5.56 Å². The number of benzene rings is 3. The number of allylic oxidation sites excluding steroid dienone is 2. The van der Waals surface area contributed by atoms with Crippen LogP contribution in [0.15, 0.2) is 84.6 Å². The highest BCUT2D eigenvalue weighted by atomic mass is 19.1. The molecule has 0 heterocycles. The maximum absolute atomic E-state index is 13.8. The van der Waals surface area contributed by atoms with Gasteiger partial charge in [-0.3, -0.25) is 0 Å². The maximum atomic E-state index is 13.8. The second-order valence-electron chi connectivity index (χ2n) is 6.18. The topological polar surface area (TPSA) is 40.5 Å². The van der Waals surface area contributed by atoms with Gasteiger partial charge < -0.3 is 10.0 Å². The van der Waals surface area contributed by atoms with Crippen LogP contribution < -0.4 is 4.90 Å². The Morgan fingerprint density at radius 2 is 1.56 bits per heavy atom. The number of carboxylic acids is 1. The number of hydrogen-bond acceptors (Lipinski definition) is 2. The molecule has 1 N–H and O–H groups in total. The number of aromatic carboxylic acids is 1. The zero-order valence-corrected chi connectivity index (χ0v) is 15.2. The van der Waals surface area contributed by atoms with Gasteiger partial charge in [-0.05, 0) is 67.4 Å². The molecule has 0 amide bonds. The van der Waals surface area contributed by atoms with Gasteiger partial charge in [-0.25, -0.2) is 9.18 Å². The molecule has 4 heteroatoms. The number of halogens is 1. The number of carbonyl (C=O) groups is 1. The summed E-state index contributed by atoms with van der Waals surface area (Å²) in [7, 11) is 0. The summed E-state index contributed by atoms with van der Waals surface area (Å²) < 4.78 is 13.8. The van der Waals surface area contributed by atoms with Crippen LogP contribution in [-0.4, -0.2) is 11.1 Å². The minimum Gasteiger partial charge on any atom is -0.478 e. The van der Waals surface area contributed by atoms with Crippen molar-refractivity contribution in [3.05, 3.63) is 96.0 Å². The molecular formula is C23H20FNO2. The van der Waals surface area contributed by atoms with E-state index in [1.165, 1.54) is 12.1 Å². The number of para-hydroxylation sites is 1. The predicted molar refractivity (Wildman–Crippen MR) is 107 cm³/mol. The molecule has 0 spiro atoms. The number of anilines is 2. The van der Waals surface area contributed by atoms with Crippen LogP contribution in [-0.2, 0) is 0 Å². The number of carboxylic acid groups (broad SMARTS) is 1. The highest BCUT2D eigenvalue weighted by molar-refractivity contribution is 5.89. The third kappa shape index (κ3) is 4.06. The molecule has 0 atom stereocenters. The second kappa shape index (κ2) is 7.87. The first kappa shape index (κ1) is 18.4. The van der Waals surface area contributed by atoms with Crippen LogP contribution in [0.4, 0.5) is 15.8 Å². The molecule has 136 valence electrons. The summed E-state index contributed by atoms with van der Waals surface area (Å²) in [5, 5.41) is 9.13. The molecule has 27 heavy (non-hydrogen) atoms. The monoisotopic (exact) mass is 361 g/mol. The van der Waals surface area contributed by atoms with Gasteiger partial charge in [-0.2, -0.15) is 0 Å². The van der Waals surface area contributed by atoms with Crippen LogP contribution in [0.5, 0.6) is 0 Å². The number of nitrogens with zero attached hydrogens (tertiary/aromatic N) is 1. The molecule has 0 aliphatic rings. The van der Waals surface area contributed by atoms with Gasteiger partial charge in [0, 0.05) is 17.1 Å². The Kier molecular flexibility index (Phi) is 5.36. The molecule has 3 aromatic rings. The summed E-state index contributed by atoms with van der Waals surface area (Å²) in [5.41, 5.74) is 4.31. The van der Waals surface area contributed by atoms with Crippen LogP contribution in [0.25, 0.3) is 11.1 Å². The lowest BCUT2D eigenvalue weighted by Crippen LogP contribution is -2.13. The molecule has 3 nitrogen and oxygen atoms in total. The maximum Gasteiger partial charge on any atom is 0.335 e. The predicted octanol–water partition coefficient (Wildman–Crippen LogP) is 6.25. The van der Waals surface area contributed by atoms with E-state index in [1.807, 2.05) is 74.5 Å². The Bertz CT molecular complexity index is 979. The van der Waals surface area contributed by atoms with E-state index in [1.54, 1.807) is 0 Å². The molecule has 3 aromatic carbocycles. The lowest BCUT2D eigenvalue weighted by molar-refractivity contribution is 0.0696. The van der Waals surface area contributed by atoms with E-state index in [-0.39, 0.29) is 5.56 Å². The fourth-order valence-electron chi connectivity index (χ4n) is 2.95. The molecule has 0 aromatic heterocycles. The highest BCUT2D eigenvalue weighted by Gasteiger charge is 2.12. The fourth-order valence-corrected chi connectivity index (χ4v) is 2.95. The van der Waals surface area contributed by atoms with Crippen molar-refractivity contribution in [1.29, 1.82) is 0 Å². The van der Waals surface area contributed by atoms with E-state index in [9.17, 15) is 9.18 Å². The zero-order chi connectivity index (χ0) is 19.4. The van der Waals surface area contributed by atoms with Crippen LogP contribution in [0.3, 0.4) is 0 Å². The van der Waals surface area contributed by atoms with Gasteiger partial charge in [0.15, 0.2) is 0 Å². The van der Waals surface area contributed by atoms with Crippen molar-refractivity contribution in [2.45, 2.75) is 13.8 Å². The molecule has 0 saturated heterocycles. The molecule has 0 fully saturated rings. The van der Waals surface area contributed by atoms with Gasteiger partial charge in [0.1, 0.15) is 5.82 Å². The highest BCUT2D eigenvalue weighted by Crippen LogP contribution is 2.32. The van der Waals surface area contributed by atoms with Crippen LogP contribution in [0.2, 0.25) is 0 Å². The van der Waals surface area contributed by atoms with E-state index >= 15 is 0 Å². The molecular weight excluding hydrogens is 341 g/mol. The lowest BCUT2D eigenvalue weighted by atomic mass is 10.0. The van der Waals surface area contributed by atoms with Crippen LogP contribution in [0, 0.1) is 5.82 Å². The lowest BCUT2D eigenvalue weighted by Gasteiger charge is -2.26. The quantitative estimate of drug-likeness (QED) is 0.584. The van der Waals surface area contributed by atoms with Crippen molar-refractivity contribution in [2.24, 2.45) is 0 Å². The average molecular weight is 361 g/mol. The van der Waals surface area contributed by atoms with Gasteiger partial charge in [-0.1, -0.05) is 36.4 Å². The summed E-state index contributed by atoms with van der Waals surface area (Å²) in [4.78, 5) is 13.3. The Labute approximate surface area is 158 Å². The Morgan fingerprint density at radius 3 is 2.15 bits per heavy atom.